The summed E-state index contributed by atoms with van der Waals surface area (Å²) in [7, 11) is -4.92. The first-order valence-corrected chi connectivity index (χ1v) is 15.0. The molecule has 3 aromatic carbocycles. The first-order valence-electron chi connectivity index (χ1n) is 15.6. The number of carbonyl (C=O) groups is 1. The first kappa shape index (κ1) is 26.0. The van der Waals surface area contributed by atoms with Crippen LogP contribution in [0.1, 0.15) is 65.3 Å². The molecule has 4 rings (SSSR count). The second-order valence-electron chi connectivity index (χ2n) is 9.79. The van der Waals surface area contributed by atoms with Crippen LogP contribution in [0.2, 0.25) is 5.02 Å². The standard InChI is InChI=1S/C31H31ClF4N2O4S/c1-2-43(41,42)26-10-6-20(7-11-26)28(4-3-15-39)37-30(40)22-8-12-29-23(16-22)18-25(38(29)14-13-33)17-21-5-9-24(32)19-27(21)31(34,35)36/h5-12,16,18-19,28,39H,2-4,13-15,17H2,1H3,(H,37,40)/t28-/m1/s1/i1D3,2D2. The molecule has 0 aliphatic carbocycles. The van der Waals surface area contributed by atoms with Crippen molar-refractivity contribution in [3.63, 3.8) is 0 Å². The van der Waals surface area contributed by atoms with E-state index in [-0.39, 0.29) is 48.6 Å². The molecule has 0 aliphatic heterocycles. The van der Waals surface area contributed by atoms with E-state index >= 15 is 0 Å². The normalized spacial score (nSPS) is 15.3. The highest BCUT2D eigenvalue weighted by molar-refractivity contribution is 7.91. The molecule has 1 heterocycles. The van der Waals surface area contributed by atoms with Crippen molar-refractivity contribution in [2.75, 3.05) is 19.0 Å². The largest absolute Gasteiger partial charge is 0.416 e. The van der Waals surface area contributed by atoms with Crippen molar-refractivity contribution in [1.29, 1.82) is 0 Å². The van der Waals surface area contributed by atoms with E-state index in [0.717, 1.165) is 18.2 Å². The summed E-state index contributed by atoms with van der Waals surface area (Å²) < 4.78 is 119. The van der Waals surface area contributed by atoms with Crippen molar-refractivity contribution in [2.45, 2.75) is 49.8 Å². The number of amides is 1. The fraction of sp³-hybridized carbons (Fsp3) is 0.323. The van der Waals surface area contributed by atoms with Crippen LogP contribution in [0.15, 0.2) is 71.6 Å². The molecule has 2 N–H and O–H groups in total. The van der Waals surface area contributed by atoms with Gasteiger partial charge in [0.25, 0.3) is 5.91 Å². The van der Waals surface area contributed by atoms with Gasteiger partial charge in [-0.15, -0.1) is 0 Å². The molecule has 0 saturated heterocycles. The minimum atomic E-state index is -4.92. The Hall–Kier alpha value is -3.41. The van der Waals surface area contributed by atoms with Gasteiger partial charge in [0, 0.05) is 47.1 Å². The Kier molecular flexibility index (Phi) is 8.16. The number of benzene rings is 3. The summed E-state index contributed by atoms with van der Waals surface area (Å²) >= 11 is 5.82. The minimum absolute atomic E-state index is 0.0622. The number of aliphatic hydroxyl groups is 1. The van der Waals surface area contributed by atoms with E-state index in [0.29, 0.717) is 22.2 Å². The van der Waals surface area contributed by atoms with Crippen LogP contribution in [0.3, 0.4) is 0 Å². The zero-order valence-corrected chi connectivity index (χ0v) is 24.2. The Morgan fingerprint density at radius 2 is 1.86 bits per heavy atom. The van der Waals surface area contributed by atoms with Gasteiger partial charge in [0.2, 0.25) is 0 Å². The number of halogens is 5. The number of nitrogens with zero attached hydrogens (tertiary/aromatic N) is 1. The summed E-state index contributed by atoms with van der Waals surface area (Å²) in [6, 6.07) is 13.5. The summed E-state index contributed by atoms with van der Waals surface area (Å²) in [5, 5.41) is 12.6. The summed E-state index contributed by atoms with van der Waals surface area (Å²) in [6.07, 6.45) is -4.40. The van der Waals surface area contributed by atoms with Crippen LogP contribution in [0.25, 0.3) is 10.9 Å². The molecule has 0 aliphatic rings. The lowest BCUT2D eigenvalue weighted by molar-refractivity contribution is -0.138. The number of alkyl halides is 4. The number of hydrogen-bond acceptors (Lipinski definition) is 4. The molecule has 1 aromatic heterocycles. The summed E-state index contributed by atoms with van der Waals surface area (Å²) in [6.45, 7) is -4.60. The van der Waals surface area contributed by atoms with E-state index in [1.54, 1.807) is 16.7 Å². The Labute approximate surface area is 259 Å². The van der Waals surface area contributed by atoms with E-state index in [1.807, 2.05) is 0 Å². The van der Waals surface area contributed by atoms with Gasteiger partial charge in [-0.05, 0) is 72.5 Å². The molecular weight excluding hydrogens is 608 g/mol. The molecule has 0 bridgehead atoms. The lowest BCUT2D eigenvalue weighted by Gasteiger charge is -2.19. The number of aromatic nitrogens is 1. The monoisotopic (exact) mass is 643 g/mol. The zero-order chi connectivity index (χ0) is 35.7. The molecule has 0 saturated carbocycles. The number of fused-ring (bicyclic) bond motifs is 1. The van der Waals surface area contributed by atoms with Crippen LogP contribution >= 0.6 is 11.6 Å². The quantitative estimate of drug-likeness (QED) is 0.164. The number of aryl methyl sites for hydroxylation is 1. The average molecular weight is 644 g/mol. The van der Waals surface area contributed by atoms with E-state index in [4.69, 9.17) is 18.5 Å². The molecular formula is C31H31ClF4N2O4S. The molecule has 4 aromatic rings. The van der Waals surface area contributed by atoms with Crippen molar-refractivity contribution >= 4 is 38.2 Å². The summed E-state index contributed by atoms with van der Waals surface area (Å²) in [5.41, 5.74) is -3.10. The number of hydrogen-bond donors (Lipinski definition) is 2. The molecule has 43 heavy (non-hydrogen) atoms. The predicted molar refractivity (Wildman–Crippen MR) is 158 cm³/mol. The van der Waals surface area contributed by atoms with Crippen molar-refractivity contribution in [3.05, 3.63) is 99.7 Å². The maximum absolute atomic E-state index is 13.7. The van der Waals surface area contributed by atoms with Crippen LogP contribution in [0.4, 0.5) is 17.6 Å². The lowest BCUT2D eigenvalue weighted by atomic mass is 10.0. The molecule has 0 radical (unpaired) electrons. The number of rotatable bonds is 12. The zero-order valence-electron chi connectivity index (χ0n) is 27.6. The van der Waals surface area contributed by atoms with E-state index in [1.165, 1.54) is 36.4 Å². The molecule has 6 nitrogen and oxygen atoms in total. The smallest absolute Gasteiger partial charge is 0.396 e. The third-order valence-corrected chi connectivity index (χ3v) is 8.39. The van der Waals surface area contributed by atoms with Crippen molar-refractivity contribution in [2.24, 2.45) is 0 Å². The second-order valence-corrected chi connectivity index (χ2v) is 11.9. The van der Waals surface area contributed by atoms with Gasteiger partial charge in [0.1, 0.15) is 6.67 Å². The minimum Gasteiger partial charge on any atom is -0.396 e. The molecule has 0 fully saturated rings. The van der Waals surface area contributed by atoms with Crippen molar-refractivity contribution in [3.8, 4) is 0 Å². The Morgan fingerprint density at radius 1 is 1.12 bits per heavy atom. The highest BCUT2D eigenvalue weighted by Crippen LogP contribution is 2.35. The van der Waals surface area contributed by atoms with Gasteiger partial charge in [-0.3, -0.25) is 4.79 Å². The van der Waals surface area contributed by atoms with Crippen LogP contribution in [0.5, 0.6) is 0 Å². The van der Waals surface area contributed by atoms with Crippen molar-refractivity contribution in [1.82, 2.24) is 9.88 Å². The second kappa shape index (κ2) is 13.5. The topological polar surface area (TPSA) is 88.4 Å². The third kappa shape index (κ3) is 7.57. The molecule has 0 unspecified atom stereocenters. The van der Waals surface area contributed by atoms with E-state index < -0.39 is 57.7 Å². The highest BCUT2D eigenvalue weighted by atomic mass is 35.5. The van der Waals surface area contributed by atoms with E-state index in [9.17, 15) is 35.9 Å². The van der Waals surface area contributed by atoms with Gasteiger partial charge < -0.3 is 15.0 Å². The van der Waals surface area contributed by atoms with Crippen LogP contribution in [0, 0.1) is 0 Å². The SMILES string of the molecule is [2H]C([2H])([2H])C([2H])([2H])S(=O)(=O)c1ccc([C@@H](CCCO)NC(=O)c2ccc3c(c2)cc(Cc2ccc(Cl)cc2C(F)(F)F)n3CCF)cc1. The van der Waals surface area contributed by atoms with Crippen LogP contribution in [-0.4, -0.2) is 43.0 Å². The Balaban J connectivity index is 1.64. The lowest BCUT2D eigenvalue weighted by Crippen LogP contribution is -2.28. The predicted octanol–water partition coefficient (Wildman–Crippen LogP) is 6.91. The van der Waals surface area contributed by atoms with Gasteiger partial charge in [-0.1, -0.05) is 36.7 Å². The van der Waals surface area contributed by atoms with Gasteiger partial charge in [0.05, 0.1) is 28.8 Å². The van der Waals surface area contributed by atoms with Gasteiger partial charge in [0.15, 0.2) is 9.84 Å². The Bertz CT molecular complexity index is 1900. The first-order chi connectivity index (χ1) is 22.3. The van der Waals surface area contributed by atoms with Crippen LogP contribution in [-0.2, 0) is 29.0 Å². The van der Waals surface area contributed by atoms with Crippen molar-refractivity contribution < 1.29 is 42.7 Å². The van der Waals surface area contributed by atoms with Gasteiger partial charge in [-0.25, -0.2) is 12.8 Å². The number of carbonyl (C=O) groups excluding carboxylic acids is 1. The molecule has 230 valence electrons. The molecule has 12 heteroatoms. The molecule has 1 amide bonds. The molecule has 0 spiro atoms. The summed E-state index contributed by atoms with van der Waals surface area (Å²) in [5.74, 6) is -0.577. The van der Waals surface area contributed by atoms with Crippen LogP contribution < -0.4 is 5.32 Å². The maximum atomic E-state index is 13.7. The van der Waals surface area contributed by atoms with Gasteiger partial charge >= 0.3 is 6.18 Å². The number of aliphatic hydroxyl groups excluding tert-OH is 1. The fourth-order valence-electron chi connectivity index (χ4n) is 4.92. The number of sulfone groups is 1. The average Bonchev–Trinajstić information content (AvgIpc) is 3.34. The number of nitrogens with one attached hydrogen (secondary N) is 1. The molecule has 1 atom stereocenters. The highest BCUT2D eigenvalue weighted by Gasteiger charge is 2.33. The fourth-order valence-corrected chi connectivity index (χ4v) is 5.71. The third-order valence-electron chi connectivity index (χ3n) is 6.99. The van der Waals surface area contributed by atoms with Gasteiger partial charge in [-0.2, -0.15) is 13.2 Å². The Morgan fingerprint density at radius 3 is 2.51 bits per heavy atom. The maximum Gasteiger partial charge on any atom is 0.416 e. The van der Waals surface area contributed by atoms with E-state index in [2.05, 4.69) is 5.32 Å². The summed E-state index contributed by atoms with van der Waals surface area (Å²) in [4.78, 5) is 12.8.